The molecule has 0 bridgehead atoms. The van der Waals surface area contributed by atoms with Gasteiger partial charge in [-0.25, -0.2) is 4.79 Å². The third-order valence-corrected chi connectivity index (χ3v) is 4.22. The van der Waals surface area contributed by atoms with Crippen molar-refractivity contribution in [2.24, 2.45) is 0 Å². The molecule has 3 atom stereocenters. The van der Waals surface area contributed by atoms with Crippen LogP contribution in [0.4, 0.5) is 4.79 Å². The monoisotopic (exact) mass is 301 g/mol. The highest BCUT2D eigenvalue weighted by molar-refractivity contribution is 5.74. The number of amides is 2. The highest BCUT2D eigenvalue weighted by atomic mass is 16.5. The molecule has 0 aliphatic carbocycles. The van der Waals surface area contributed by atoms with Gasteiger partial charge in [0.25, 0.3) is 0 Å². The molecule has 2 saturated heterocycles. The number of carbonyl (C=O) groups is 1. The van der Waals surface area contributed by atoms with Gasteiger partial charge < -0.3 is 29.7 Å². The molecule has 0 radical (unpaired) electrons. The van der Waals surface area contributed by atoms with Gasteiger partial charge in [0, 0.05) is 19.6 Å². The number of urea groups is 1. The molecule has 2 aliphatic heterocycles. The van der Waals surface area contributed by atoms with Crippen molar-refractivity contribution < 1.29 is 19.4 Å². The molecule has 0 aromatic rings. The maximum absolute atomic E-state index is 12.1. The normalized spacial score (nSPS) is 29.9. The number of hydrogen-bond donors (Lipinski definition) is 2. The summed E-state index contributed by atoms with van der Waals surface area (Å²) in [6, 6.07) is -0.477. The van der Waals surface area contributed by atoms with Crippen LogP contribution in [0, 0.1) is 0 Å². The molecule has 0 unspecified atom stereocenters. The molecular formula is C14H27N3O4. The summed E-state index contributed by atoms with van der Waals surface area (Å²) < 4.78 is 10.9. The first-order valence-corrected chi connectivity index (χ1v) is 7.80. The van der Waals surface area contributed by atoms with Crippen molar-refractivity contribution in [3.8, 4) is 0 Å². The van der Waals surface area contributed by atoms with Crippen molar-refractivity contribution in [3.63, 3.8) is 0 Å². The van der Waals surface area contributed by atoms with Gasteiger partial charge in [0.05, 0.1) is 32.0 Å². The molecule has 2 heterocycles. The van der Waals surface area contributed by atoms with Gasteiger partial charge in [0.15, 0.2) is 0 Å². The molecule has 0 spiro atoms. The molecule has 2 aliphatic rings. The summed E-state index contributed by atoms with van der Waals surface area (Å²) in [7, 11) is 0. The van der Waals surface area contributed by atoms with Crippen LogP contribution in [0.5, 0.6) is 0 Å². The molecule has 0 aromatic carbocycles. The van der Waals surface area contributed by atoms with Crippen LogP contribution in [-0.2, 0) is 9.47 Å². The number of carbonyl (C=O) groups excluding carboxylic acids is 1. The van der Waals surface area contributed by atoms with Crippen LogP contribution in [-0.4, -0.2) is 91.7 Å². The predicted octanol–water partition coefficient (Wildman–Crippen LogP) is -0.502. The Hall–Kier alpha value is -0.890. The van der Waals surface area contributed by atoms with Gasteiger partial charge in [-0.15, -0.1) is 0 Å². The Morgan fingerprint density at radius 2 is 2.00 bits per heavy atom. The molecule has 21 heavy (non-hydrogen) atoms. The minimum absolute atomic E-state index is 0.144. The minimum atomic E-state index is -0.657. The highest BCUT2D eigenvalue weighted by Gasteiger charge is 2.38. The predicted molar refractivity (Wildman–Crippen MR) is 78.2 cm³/mol. The van der Waals surface area contributed by atoms with E-state index in [2.05, 4.69) is 24.1 Å². The van der Waals surface area contributed by atoms with Crippen LogP contribution < -0.4 is 5.32 Å². The van der Waals surface area contributed by atoms with Gasteiger partial charge in [0.2, 0.25) is 0 Å². The average Bonchev–Trinajstić information content (AvgIpc) is 2.86. The lowest BCUT2D eigenvalue weighted by Gasteiger charge is -2.29. The number of aliphatic hydroxyl groups is 1. The number of aliphatic hydroxyl groups excluding tert-OH is 1. The zero-order valence-electron chi connectivity index (χ0n) is 13.0. The molecular weight excluding hydrogens is 274 g/mol. The molecule has 122 valence electrons. The average molecular weight is 301 g/mol. The second kappa shape index (κ2) is 7.93. The van der Waals surface area contributed by atoms with E-state index in [1.54, 1.807) is 4.90 Å². The van der Waals surface area contributed by atoms with E-state index in [0.29, 0.717) is 39.5 Å². The number of nitrogens with zero attached hydrogens (tertiary/aromatic N) is 2. The first-order valence-electron chi connectivity index (χ1n) is 7.80. The topological polar surface area (TPSA) is 74.3 Å². The summed E-state index contributed by atoms with van der Waals surface area (Å²) in [6.45, 7) is 9.41. The third-order valence-electron chi connectivity index (χ3n) is 4.22. The van der Waals surface area contributed by atoms with E-state index in [-0.39, 0.29) is 18.2 Å². The SMILES string of the molecule is CCN(CC)C[C@@H]1OC[C@H](NC(=O)N2CCOCC2)[C@H]1O. The number of likely N-dealkylation sites (N-methyl/N-ethyl adjacent to an activating group) is 1. The first kappa shape index (κ1) is 16.5. The Labute approximate surface area is 126 Å². The maximum atomic E-state index is 12.1. The zero-order chi connectivity index (χ0) is 15.2. The van der Waals surface area contributed by atoms with Gasteiger partial charge in [-0.3, -0.25) is 0 Å². The van der Waals surface area contributed by atoms with E-state index in [1.807, 2.05) is 0 Å². The first-order chi connectivity index (χ1) is 10.2. The fourth-order valence-electron chi connectivity index (χ4n) is 2.72. The molecule has 2 fully saturated rings. The van der Waals surface area contributed by atoms with Crippen molar-refractivity contribution in [1.29, 1.82) is 0 Å². The summed E-state index contributed by atoms with van der Waals surface area (Å²) in [6.07, 6.45) is -0.893. The largest absolute Gasteiger partial charge is 0.388 e. The van der Waals surface area contributed by atoms with Crippen molar-refractivity contribution in [3.05, 3.63) is 0 Å². The quantitative estimate of drug-likeness (QED) is 0.716. The lowest BCUT2D eigenvalue weighted by atomic mass is 10.1. The molecule has 0 saturated carbocycles. The van der Waals surface area contributed by atoms with Gasteiger partial charge in [0.1, 0.15) is 6.10 Å². The van der Waals surface area contributed by atoms with E-state index in [9.17, 15) is 9.90 Å². The van der Waals surface area contributed by atoms with Crippen LogP contribution >= 0.6 is 0 Å². The van der Waals surface area contributed by atoms with Crippen molar-refractivity contribution in [2.45, 2.75) is 32.1 Å². The van der Waals surface area contributed by atoms with Crippen molar-refractivity contribution in [1.82, 2.24) is 15.1 Å². The Balaban J connectivity index is 1.80. The van der Waals surface area contributed by atoms with Gasteiger partial charge in [-0.2, -0.15) is 0 Å². The second-order valence-corrected chi connectivity index (χ2v) is 5.50. The van der Waals surface area contributed by atoms with Crippen molar-refractivity contribution >= 4 is 6.03 Å². The Kier molecular flexibility index (Phi) is 6.22. The zero-order valence-corrected chi connectivity index (χ0v) is 13.0. The van der Waals surface area contributed by atoms with Gasteiger partial charge in [-0.1, -0.05) is 13.8 Å². The smallest absolute Gasteiger partial charge is 0.317 e. The summed E-state index contributed by atoms with van der Waals surface area (Å²) in [4.78, 5) is 16.0. The fraction of sp³-hybridized carbons (Fsp3) is 0.929. The molecule has 2 rings (SSSR count). The van der Waals surface area contributed by atoms with E-state index >= 15 is 0 Å². The van der Waals surface area contributed by atoms with E-state index in [1.165, 1.54) is 0 Å². The standard InChI is InChI=1S/C14H27N3O4/c1-3-16(4-2)9-12-13(18)11(10-21-12)15-14(19)17-5-7-20-8-6-17/h11-13,18H,3-10H2,1-2H3,(H,15,19)/t11-,12-,13+/m0/s1. The maximum Gasteiger partial charge on any atom is 0.317 e. The Morgan fingerprint density at radius 3 is 2.62 bits per heavy atom. The Bertz CT molecular complexity index is 332. The second-order valence-electron chi connectivity index (χ2n) is 5.50. The van der Waals surface area contributed by atoms with E-state index < -0.39 is 6.10 Å². The molecule has 0 aromatic heterocycles. The summed E-state index contributed by atoms with van der Waals surface area (Å²) >= 11 is 0. The van der Waals surface area contributed by atoms with Crippen LogP contribution in [0.1, 0.15) is 13.8 Å². The number of nitrogens with one attached hydrogen (secondary N) is 1. The molecule has 2 amide bonds. The molecule has 7 nitrogen and oxygen atoms in total. The van der Waals surface area contributed by atoms with E-state index in [4.69, 9.17) is 9.47 Å². The van der Waals surface area contributed by atoms with Crippen LogP contribution in [0.3, 0.4) is 0 Å². The lowest BCUT2D eigenvalue weighted by Crippen LogP contribution is -2.53. The summed E-state index contributed by atoms with van der Waals surface area (Å²) in [5.74, 6) is 0. The van der Waals surface area contributed by atoms with E-state index in [0.717, 1.165) is 13.1 Å². The fourth-order valence-corrected chi connectivity index (χ4v) is 2.72. The van der Waals surface area contributed by atoms with Crippen LogP contribution in [0.15, 0.2) is 0 Å². The summed E-state index contributed by atoms with van der Waals surface area (Å²) in [5.41, 5.74) is 0. The number of hydrogen-bond acceptors (Lipinski definition) is 5. The number of morpholine rings is 1. The Morgan fingerprint density at radius 1 is 1.33 bits per heavy atom. The lowest BCUT2D eigenvalue weighted by molar-refractivity contribution is 0.0169. The molecule has 2 N–H and O–H groups in total. The summed E-state index contributed by atoms with van der Waals surface area (Å²) in [5, 5.41) is 13.2. The van der Waals surface area contributed by atoms with Gasteiger partial charge in [-0.05, 0) is 13.1 Å². The highest BCUT2D eigenvalue weighted by Crippen LogP contribution is 2.16. The molecule has 7 heteroatoms. The van der Waals surface area contributed by atoms with Crippen LogP contribution in [0.2, 0.25) is 0 Å². The van der Waals surface area contributed by atoms with Crippen LogP contribution in [0.25, 0.3) is 0 Å². The van der Waals surface area contributed by atoms with Gasteiger partial charge >= 0.3 is 6.03 Å². The van der Waals surface area contributed by atoms with Crippen molar-refractivity contribution in [2.75, 3.05) is 52.5 Å². The number of rotatable bonds is 5. The third kappa shape index (κ3) is 4.29. The minimum Gasteiger partial charge on any atom is -0.388 e. The number of ether oxygens (including phenoxy) is 2.